The van der Waals surface area contributed by atoms with E-state index >= 15 is 0 Å². The summed E-state index contributed by atoms with van der Waals surface area (Å²) in [7, 11) is 0. The van der Waals surface area contributed by atoms with Crippen molar-refractivity contribution >= 4 is 34.0 Å². The number of ether oxygens (including phenoxy) is 1. The Morgan fingerprint density at radius 3 is 2.47 bits per heavy atom. The Labute approximate surface area is 188 Å². The molecule has 2 aliphatic rings. The number of benzene rings is 2. The van der Waals surface area contributed by atoms with Gasteiger partial charge in [-0.25, -0.2) is 4.79 Å². The fourth-order valence-electron chi connectivity index (χ4n) is 4.49. The van der Waals surface area contributed by atoms with Crippen LogP contribution in [0.1, 0.15) is 32.7 Å². The fraction of sp³-hybridized carbons (Fsp3) is 0.400. The summed E-state index contributed by atoms with van der Waals surface area (Å²) in [6.07, 6.45) is 2.35. The average Bonchev–Trinajstić information content (AvgIpc) is 3.58. The van der Waals surface area contributed by atoms with Crippen molar-refractivity contribution in [1.82, 2.24) is 9.88 Å². The smallest absolute Gasteiger partial charge is 0.319 e. The number of hydrogen-bond acceptors (Lipinski definition) is 4. The van der Waals surface area contributed by atoms with Gasteiger partial charge in [-0.15, -0.1) is 0 Å². The van der Waals surface area contributed by atoms with Crippen LogP contribution in [0.5, 0.6) is 0 Å². The molecule has 168 valence electrons. The van der Waals surface area contributed by atoms with Crippen LogP contribution in [0.2, 0.25) is 0 Å². The van der Waals surface area contributed by atoms with E-state index in [1.54, 1.807) is 0 Å². The first kappa shape index (κ1) is 20.7. The molecule has 32 heavy (non-hydrogen) atoms. The molecule has 4 N–H and O–H groups in total. The first-order valence-corrected chi connectivity index (χ1v) is 11.5. The molecule has 0 bridgehead atoms. The molecule has 1 saturated heterocycles. The first-order valence-electron chi connectivity index (χ1n) is 11.5. The number of nitrogens with zero attached hydrogens (tertiary/aromatic N) is 2. The van der Waals surface area contributed by atoms with Crippen LogP contribution in [-0.4, -0.2) is 42.9 Å². The number of fused-ring (bicyclic) bond motifs is 1. The third-order valence-electron chi connectivity index (χ3n) is 6.15. The van der Waals surface area contributed by atoms with E-state index in [1.165, 1.54) is 24.0 Å². The van der Waals surface area contributed by atoms with Gasteiger partial charge in [-0.1, -0.05) is 12.1 Å². The van der Waals surface area contributed by atoms with Gasteiger partial charge in [0.2, 0.25) is 0 Å². The van der Waals surface area contributed by atoms with Gasteiger partial charge in [0.15, 0.2) is 0 Å². The summed E-state index contributed by atoms with van der Waals surface area (Å²) in [6, 6.07) is 14.9. The van der Waals surface area contributed by atoms with Crippen LogP contribution in [0.25, 0.3) is 22.2 Å². The summed E-state index contributed by atoms with van der Waals surface area (Å²) in [5.74, 6) is 0. The standard InChI is InChI=1S/C25H31N5O2/c1-16(2)27-25(31)28-18-5-3-17(4-6-18)24-23(26)21-10-9-20(29-11-13-32-14-12-29)15-22(21)30(24)19-7-8-19/h3-6,9-10,15-16,19H,7-8,11-14,26H2,1-2H3,(H2,27,28,31). The van der Waals surface area contributed by atoms with Crippen LogP contribution in [0.4, 0.5) is 21.9 Å². The Morgan fingerprint density at radius 2 is 1.81 bits per heavy atom. The molecular formula is C25H31N5O2. The van der Waals surface area contributed by atoms with Crippen molar-refractivity contribution in [3.63, 3.8) is 0 Å². The summed E-state index contributed by atoms with van der Waals surface area (Å²) in [5.41, 5.74) is 12.8. The monoisotopic (exact) mass is 433 g/mol. The van der Waals surface area contributed by atoms with Crippen LogP contribution >= 0.6 is 0 Å². The maximum absolute atomic E-state index is 12.0. The molecule has 7 heteroatoms. The van der Waals surface area contributed by atoms with E-state index in [9.17, 15) is 4.79 Å². The van der Waals surface area contributed by atoms with Crippen molar-refractivity contribution < 1.29 is 9.53 Å². The van der Waals surface area contributed by atoms with Gasteiger partial charge in [0, 0.05) is 47.5 Å². The van der Waals surface area contributed by atoms with Crippen molar-refractivity contribution in [3.8, 4) is 11.3 Å². The number of urea groups is 1. The highest BCUT2D eigenvalue weighted by atomic mass is 16.5. The van der Waals surface area contributed by atoms with Crippen LogP contribution in [-0.2, 0) is 4.74 Å². The van der Waals surface area contributed by atoms with E-state index in [4.69, 9.17) is 10.5 Å². The molecule has 1 aromatic heterocycles. The number of hydrogen-bond donors (Lipinski definition) is 3. The molecule has 2 heterocycles. The van der Waals surface area contributed by atoms with Gasteiger partial charge in [0.1, 0.15) is 0 Å². The minimum absolute atomic E-state index is 0.0886. The molecular weight excluding hydrogens is 402 g/mol. The van der Waals surface area contributed by atoms with Crippen molar-refractivity contribution in [2.24, 2.45) is 0 Å². The zero-order chi connectivity index (χ0) is 22.2. The average molecular weight is 434 g/mol. The Morgan fingerprint density at radius 1 is 1.09 bits per heavy atom. The number of amides is 2. The molecule has 7 nitrogen and oxygen atoms in total. The summed E-state index contributed by atoms with van der Waals surface area (Å²) in [5, 5.41) is 6.83. The third-order valence-corrected chi connectivity index (χ3v) is 6.15. The molecule has 2 fully saturated rings. The van der Waals surface area contributed by atoms with Gasteiger partial charge >= 0.3 is 6.03 Å². The second-order valence-electron chi connectivity index (χ2n) is 8.99. The molecule has 1 saturated carbocycles. The number of aromatic nitrogens is 1. The molecule has 5 rings (SSSR count). The quantitative estimate of drug-likeness (QED) is 0.549. The first-order chi connectivity index (χ1) is 15.5. The SMILES string of the molecule is CC(C)NC(=O)Nc1ccc(-c2c(N)c3ccc(N4CCOCC4)cc3n2C2CC2)cc1. The molecule has 1 aliphatic carbocycles. The predicted octanol–water partition coefficient (Wildman–Crippen LogP) is 4.59. The highest BCUT2D eigenvalue weighted by Gasteiger charge is 2.30. The van der Waals surface area contributed by atoms with Gasteiger partial charge in [0.25, 0.3) is 0 Å². The lowest BCUT2D eigenvalue weighted by atomic mass is 10.1. The molecule has 3 aromatic rings. The number of nitrogens with one attached hydrogen (secondary N) is 2. The van der Waals surface area contributed by atoms with Crippen molar-refractivity contribution in [2.75, 3.05) is 42.3 Å². The molecule has 0 atom stereocenters. The van der Waals surface area contributed by atoms with E-state index < -0.39 is 0 Å². The van der Waals surface area contributed by atoms with E-state index in [0.29, 0.717) is 6.04 Å². The van der Waals surface area contributed by atoms with Gasteiger partial charge in [-0.2, -0.15) is 0 Å². The van der Waals surface area contributed by atoms with Gasteiger partial charge in [-0.05, 0) is 57.0 Å². The lowest BCUT2D eigenvalue weighted by Gasteiger charge is -2.29. The topological polar surface area (TPSA) is 84.6 Å². The Hall–Kier alpha value is -3.19. The van der Waals surface area contributed by atoms with E-state index in [0.717, 1.165) is 54.3 Å². The Balaban J connectivity index is 1.50. The van der Waals surface area contributed by atoms with Crippen molar-refractivity contribution in [2.45, 2.75) is 38.8 Å². The number of rotatable bonds is 5. The fourth-order valence-corrected chi connectivity index (χ4v) is 4.49. The lowest BCUT2D eigenvalue weighted by Crippen LogP contribution is -2.36. The Kier molecular flexibility index (Phi) is 5.43. The second-order valence-corrected chi connectivity index (χ2v) is 8.99. The van der Waals surface area contributed by atoms with E-state index in [2.05, 4.69) is 38.3 Å². The zero-order valence-electron chi connectivity index (χ0n) is 18.7. The molecule has 0 radical (unpaired) electrons. The largest absolute Gasteiger partial charge is 0.396 e. The van der Waals surface area contributed by atoms with E-state index in [-0.39, 0.29) is 12.1 Å². The number of carbonyl (C=O) groups excluding carboxylic acids is 1. The molecule has 0 unspecified atom stereocenters. The minimum atomic E-state index is -0.199. The summed E-state index contributed by atoms with van der Waals surface area (Å²) >= 11 is 0. The van der Waals surface area contributed by atoms with Crippen molar-refractivity contribution in [1.29, 1.82) is 0 Å². The highest BCUT2D eigenvalue weighted by Crippen LogP contribution is 2.46. The van der Waals surface area contributed by atoms with Crippen LogP contribution < -0.4 is 21.3 Å². The lowest BCUT2D eigenvalue weighted by molar-refractivity contribution is 0.122. The maximum atomic E-state index is 12.0. The minimum Gasteiger partial charge on any atom is -0.396 e. The number of morpholine rings is 1. The zero-order valence-corrected chi connectivity index (χ0v) is 18.7. The van der Waals surface area contributed by atoms with Crippen LogP contribution in [0, 0.1) is 0 Å². The van der Waals surface area contributed by atoms with Gasteiger partial charge < -0.3 is 30.6 Å². The third kappa shape index (κ3) is 4.00. The molecule has 1 aliphatic heterocycles. The van der Waals surface area contributed by atoms with Gasteiger partial charge in [-0.3, -0.25) is 0 Å². The molecule has 2 aromatic carbocycles. The normalized spacial score (nSPS) is 16.5. The maximum Gasteiger partial charge on any atom is 0.319 e. The Bertz CT molecular complexity index is 1130. The number of carbonyl (C=O) groups is 1. The summed E-state index contributed by atoms with van der Waals surface area (Å²) in [6.45, 7) is 7.24. The van der Waals surface area contributed by atoms with Crippen LogP contribution in [0.15, 0.2) is 42.5 Å². The van der Waals surface area contributed by atoms with Crippen molar-refractivity contribution in [3.05, 3.63) is 42.5 Å². The predicted molar refractivity (Wildman–Crippen MR) is 130 cm³/mol. The summed E-state index contributed by atoms with van der Waals surface area (Å²) in [4.78, 5) is 14.4. The van der Waals surface area contributed by atoms with E-state index in [1.807, 2.05) is 38.1 Å². The molecule has 0 spiro atoms. The second kappa shape index (κ2) is 8.39. The number of nitrogen functional groups attached to an aromatic ring is 1. The number of anilines is 3. The van der Waals surface area contributed by atoms with Crippen LogP contribution in [0.3, 0.4) is 0 Å². The number of nitrogens with two attached hydrogens (primary N) is 1. The summed E-state index contributed by atoms with van der Waals surface area (Å²) < 4.78 is 7.94. The highest BCUT2D eigenvalue weighted by molar-refractivity contribution is 6.02. The molecule has 2 amide bonds. The van der Waals surface area contributed by atoms with Gasteiger partial charge in [0.05, 0.1) is 30.1 Å².